The summed E-state index contributed by atoms with van der Waals surface area (Å²) in [6, 6.07) is 16.3. The summed E-state index contributed by atoms with van der Waals surface area (Å²) in [6.45, 7) is 4.90. The largest absolute Gasteiger partial charge is 0.481 e. The molecule has 7 heteroatoms. The first kappa shape index (κ1) is 25.3. The van der Waals surface area contributed by atoms with E-state index in [0.717, 1.165) is 11.1 Å². The summed E-state index contributed by atoms with van der Waals surface area (Å²) in [5, 5.41) is 14.3. The predicted octanol–water partition coefficient (Wildman–Crippen LogP) is 4.56. The summed E-state index contributed by atoms with van der Waals surface area (Å²) < 4.78 is 5.57. The number of carbonyl (C=O) groups is 3. The summed E-state index contributed by atoms with van der Waals surface area (Å²) in [5.74, 6) is -1.08. The van der Waals surface area contributed by atoms with Crippen molar-refractivity contribution in [1.82, 2.24) is 10.6 Å². The first-order valence-electron chi connectivity index (χ1n) is 11.9. The van der Waals surface area contributed by atoms with E-state index in [9.17, 15) is 14.4 Å². The zero-order chi connectivity index (χ0) is 24.5. The van der Waals surface area contributed by atoms with E-state index in [1.807, 2.05) is 38.1 Å². The summed E-state index contributed by atoms with van der Waals surface area (Å²) in [5.41, 5.74) is 4.64. The lowest BCUT2D eigenvalue weighted by atomic mass is 9.96. The predicted molar refractivity (Wildman–Crippen MR) is 131 cm³/mol. The van der Waals surface area contributed by atoms with Gasteiger partial charge in [0, 0.05) is 25.4 Å². The fraction of sp³-hybridized carbons (Fsp3) is 0.444. The number of aliphatic carboxylic acids is 1. The molecule has 0 spiro atoms. The number of carbonyl (C=O) groups excluding carboxylic acids is 2. The molecule has 0 bridgehead atoms. The maximum atomic E-state index is 12.6. The second-order valence-corrected chi connectivity index (χ2v) is 9.17. The topological polar surface area (TPSA) is 105 Å². The van der Waals surface area contributed by atoms with Crippen molar-refractivity contribution in [3.05, 3.63) is 59.7 Å². The number of nitrogens with one attached hydrogen (secondary N) is 2. The Labute approximate surface area is 200 Å². The Balaban J connectivity index is 1.50. The monoisotopic (exact) mass is 466 g/mol. The Morgan fingerprint density at radius 3 is 2.15 bits per heavy atom. The molecule has 0 saturated heterocycles. The Morgan fingerprint density at radius 1 is 0.941 bits per heavy atom. The molecular formula is C27H34N2O5. The van der Waals surface area contributed by atoms with E-state index in [2.05, 4.69) is 34.9 Å². The molecular weight excluding hydrogens is 432 g/mol. The van der Waals surface area contributed by atoms with E-state index >= 15 is 0 Å². The lowest BCUT2D eigenvalue weighted by Gasteiger charge is -2.20. The van der Waals surface area contributed by atoms with Crippen LogP contribution in [0.1, 0.15) is 56.6 Å². The van der Waals surface area contributed by atoms with Gasteiger partial charge in [0.05, 0.1) is 5.92 Å². The van der Waals surface area contributed by atoms with Crippen molar-refractivity contribution in [2.75, 3.05) is 19.7 Å². The van der Waals surface area contributed by atoms with Gasteiger partial charge in [-0.25, -0.2) is 4.79 Å². The maximum absolute atomic E-state index is 12.6. The van der Waals surface area contributed by atoms with E-state index in [-0.39, 0.29) is 43.2 Å². The molecule has 182 valence electrons. The first-order chi connectivity index (χ1) is 16.4. The number of benzene rings is 2. The van der Waals surface area contributed by atoms with Gasteiger partial charge in [0.1, 0.15) is 6.61 Å². The van der Waals surface area contributed by atoms with Crippen molar-refractivity contribution in [3.8, 4) is 11.1 Å². The molecule has 0 aromatic heterocycles. The van der Waals surface area contributed by atoms with Gasteiger partial charge in [0.2, 0.25) is 5.91 Å². The van der Waals surface area contributed by atoms with Crippen LogP contribution in [0.5, 0.6) is 0 Å². The van der Waals surface area contributed by atoms with Crippen molar-refractivity contribution in [1.29, 1.82) is 0 Å². The van der Waals surface area contributed by atoms with Crippen LogP contribution in [0.25, 0.3) is 11.1 Å². The zero-order valence-electron chi connectivity index (χ0n) is 19.9. The van der Waals surface area contributed by atoms with E-state index < -0.39 is 12.1 Å². The number of hydrogen-bond donors (Lipinski definition) is 3. The molecule has 1 aliphatic carbocycles. The lowest BCUT2D eigenvalue weighted by molar-refractivity contribution is -0.137. The third kappa shape index (κ3) is 6.83. The van der Waals surface area contributed by atoms with E-state index in [4.69, 9.17) is 9.84 Å². The highest BCUT2D eigenvalue weighted by Gasteiger charge is 2.29. The molecule has 2 aromatic rings. The second-order valence-electron chi connectivity index (χ2n) is 9.17. The Morgan fingerprint density at radius 2 is 1.56 bits per heavy atom. The highest BCUT2D eigenvalue weighted by molar-refractivity contribution is 5.80. The molecule has 0 fully saturated rings. The number of unbranched alkanes of at least 4 members (excludes halogenated alkanes) is 1. The minimum Gasteiger partial charge on any atom is -0.481 e. The minimum atomic E-state index is -0.837. The van der Waals surface area contributed by atoms with Crippen molar-refractivity contribution in [3.63, 3.8) is 0 Å². The molecule has 2 amide bonds. The standard InChI is InChI=1S/C27H34N2O5/c1-18(2)15-19(26(32)28-14-8-7-13-25(30)31)16-29-27(33)34-17-24-22-11-5-3-9-20(22)21-10-4-6-12-23(21)24/h3-6,9-12,18-19,24H,7-8,13-17H2,1-2H3,(H,28,32)(H,29,33)(H,30,31). The molecule has 1 atom stereocenters. The highest BCUT2D eigenvalue weighted by Crippen LogP contribution is 2.44. The van der Waals surface area contributed by atoms with Crippen molar-refractivity contribution in [2.45, 2.75) is 45.4 Å². The summed E-state index contributed by atoms with van der Waals surface area (Å²) >= 11 is 0. The molecule has 0 radical (unpaired) electrons. The number of ether oxygens (including phenoxy) is 1. The molecule has 0 saturated carbocycles. The van der Waals surface area contributed by atoms with Crippen molar-refractivity contribution >= 4 is 18.0 Å². The van der Waals surface area contributed by atoms with Gasteiger partial charge in [0.25, 0.3) is 0 Å². The minimum absolute atomic E-state index is 0.0151. The zero-order valence-corrected chi connectivity index (χ0v) is 19.9. The van der Waals surface area contributed by atoms with Crippen molar-refractivity contribution < 1.29 is 24.2 Å². The summed E-state index contributed by atoms with van der Waals surface area (Å²) in [4.78, 5) is 35.7. The normalized spacial score (nSPS) is 13.1. The number of carboxylic acid groups (broad SMARTS) is 1. The average molecular weight is 467 g/mol. The van der Waals surface area contributed by atoms with Gasteiger partial charge in [-0.1, -0.05) is 62.4 Å². The van der Waals surface area contributed by atoms with Crippen LogP contribution in [0.15, 0.2) is 48.5 Å². The molecule has 2 aromatic carbocycles. The lowest BCUT2D eigenvalue weighted by Crippen LogP contribution is -2.40. The number of rotatable bonds is 12. The summed E-state index contributed by atoms with van der Waals surface area (Å²) in [7, 11) is 0. The first-order valence-corrected chi connectivity index (χ1v) is 11.9. The van der Waals surface area contributed by atoms with Crippen LogP contribution >= 0.6 is 0 Å². The quantitative estimate of drug-likeness (QED) is 0.398. The number of amides is 2. The maximum Gasteiger partial charge on any atom is 0.407 e. The van der Waals surface area contributed by atoms with Crippen molar-refractivity contribution in [2.24, 2.45) is 11.8 Å². The average Bonchev–Trinajstić information content (AvgIpc) is 3.13. The third-order valence-corrected chi connectivity index (χ3v) is 6.08. The molecule has 34 heavy (non-hydrogen) atoms. The molecule has 7 nitrogen and oxygen atoms in total. The Bertz CT molecular complexity index is 959. The molecule has 1 unspecified atom stereocenters. The molecule has 3 rings (SSSR count). The van der Waals surface area contributed by atoms with Gasteiger partial charge < -0.3 is 20.5 Å². The van der Waals surface area contributed by atoms with Gasteiger partial charge in [0.15, 0.2) is 0 Å². The van der Waals surface area contributed by atoms with E-state index in [0.29, 0.717) is 25.8 Å². The molecule has 1 aliphatic rings. The number of alkyl carbamates (subject to hydrolysis) is 1. The van der Waals surface area contributed by atoms with Crippen LogP contribution in [0.4, 0.5) is 4.79 Å². The molecule has 3 N–H and O–H groups in total. The van der Waals surface area contributed by atoms with Crippen LogP contribution in [0, 0.1) is 11.8 Å². The van der Waals surface area contributed by atoms with Crippen LogP contribution in [0.3, 0.4) is 0 Å². The fourth-order valence-corrected chi connectivity index (χ4v) is 4.47. The SMILES string of the molecule is CC(C)CC(CNC(=O)OCC1c2ccccc2-c2ccccc21)C(=O)NCCCCC(=O)O. The highest BCUT2D eigenvalue weighted by atomic mass is 16.5. The van der Waals surface area contributed by atoms with Crippen LogP contribution in [-0.2, 0) is 14.3 Å². The number of hydrogen-bond acceptors (Lipinski definition) is 4. The Hall–Kier alpha value is -3.35. The smallest absolute Gasteiger partial charge is 0.407 e. The van der Waals surface area contributed by atoms with Gasteiger partial charge in [-0.15, -0.1) is 0 Å². The molecule has 0 aliphatic heterocycles. The molecule has 0 heterocycles. The van der Waals surface area contributed by atoms with Gasteiger partial charge in [-0.2, -0.15) is 0 Å². The number of fused-ring (bicyclic) bond motifs is 3. The van der Waals surface area contributed by atoms with Crippen LogP contribution in [-0.4, -0.2) is 42.8 Å². The second kappa shape index (κ2) is 12.2. The van der Waals surface area contributed by atoms with Crippen LogP contribution in [0.2, 0.25) is 0 Å². The van der Waals surface area contributed by atoms with Crippen LogP contribution < -0.4 is 10.6 Å². The van der Waals surface area contributed by atoms with E-state index in [1.165, 1.54) is 11.1 Å². The van der Waals surface area contributed by atoms with E-state index in [1.54, 1.807) is 0 Å². The number of carboxylic acids is 1. The van der Waals surface area contributed by atoms with Gasteiger partial charge in [-0.05, 0) is 47.4 Å². The summed E-state index contributed by atoms with van der Waals surface area (Å²) in [6.07, 6.45) is 1.30. The Kier molecular flexibility index (Phi) is 9.08. The fourth-order valence-electron chi connectivity index (χ4n) is 4.47. The van der Waals surface area contributed by atoms with Gasteiger partial charge >= 0.3 is 12.1 Å². The van der Waals surface area contributed by atoms with Gasteiger partial charge in [-0.3, -0.25) is 9.59 Å². The third-order valence-electron chi connectivity index (χ3n) is 6.08.